The molecule has 4 nitrogen and oxygen atoms in total. The van der Waals surface area contributed by atoms with Crippen molar-refractivity contribution < 1.29 is 10.2 Å². The molecule has 1 aromatic rings. The minimum atomic E-state index is 0.0203. The van der Waals surface area contributed by atoms with Gasteiger partial charge in [-0.05, 0) is 25.3 Å². The van der Waals surface area contributed by atoms with Gasteiger partial charge in [-0.1, -0.05) is 0 Å². The topological polar surface area (TPSA) is 56.6 Å². The molecular formula is C12H18N2O2. The second-order valence-electron chi connectivity index (χ2n) is 4.19. The average molecular weight is 222 g/mol. The standard InChI is InChI=1S/C12H18N2O2/c15-8-10-4-5-13-7-12(10)14-6-2-1-3-11(14)9-16/h4-5,7,11,15-16H,1-3,6,8-9H2. The summed E-state index contributed by atoms with van der Waals surface area (Å²) in [5.74, 6) is 0. The average Bonchev–Trinajstić information content (AvgIpc) is 2.38. The molecule has 1 aromatic heterocycles. The van der Waals surface area contributed by atoms with Crippen LogP contribution in [0.15, 0.2) is 18.5 Å². The van der Waals surface area contributed by atoms with E-state index in [0.717, 1.165) is 37.1 Å². The van der Waals surface area contributed by atoms with Crippen LogP contribution < -0.4 is 4.90 Å². The maximum absolute atomic E-state index is 9.36. The molecule has 0 bridgehead atoms. The number of aliphatic hydroxyl groups excluding tert-OH is 2. The van der Waals surface area contributed by atoms with Crippen LogP contribution >= 0.6 is 0 Å². The molecule has 0 saturated carbocycles. The highest BCUT2D eigenvalue weighted by atomic mass is 16.3. The summed E-state index contributed by atoms with van der Waals surface area (Å²) in [7, 11) is 0. The molecule has 0 spiro atoms. The lowest BCUT2D eigenvalue weighted by Crippen LogP contribution is -2.42. The van der Waals surface area contributed by atoms with E-state index in [-0.39, 0.29) is 19.3 Å². The first-order valence-electron chi connectivity index (χ1n) is 5.78. The predicted octanol–water partition coefficient (Wildman–Crippen LogP) is 0.925. The number of piperidine rings is 1. The predicted molar refractivity (Wildman–Crippen MR) is 62.2 cm³/mol. The van der Waals surface area contributed by atoms with Crippen molar-refractivity contribution in [2.75, 3.05) is 18.1 Å². The molecule has 1 aliphatic heterocycles. The zero-order valence-corrected chi connectivity index (χ0v) is 9.34. The second kappa shape index (κ2) is 5.27. The molecule has 0 radical (unpaired) electrons. The van der Waals surface area contributed by atoms with Crippen LogP contribution in [0.4, 0.5) is 5.69 Å². The van der Waals surface area contributed by atoms with Gasteiger partial charge in [0.15, 0.2) is 0 Å². The Balaban J connectivity index is 2.26. The van der Waals surface area contributed by atoms with Crippen molar-refractivity contribution >= 4 is 5.69 Å². The number of rotatable bonds is 3. The van der Waals surface area contributed by atoms with E-state index in [1.54, 1.807) is 12.4 Å². The Hall–Kier alpha value is -1.13. The van der Waals surface area contributed by atoms with Crippen molar-refractivity contribution in [1.29, 1.82) is 0 Å². The fourth-order valence-corrected chi connectivity index (χ4v) is 2.31. The van der Waals surface area contributed by atoms with Gasteiger partial charge in [-0.2, -0.15) is 0 Å². The van der Waals surface area contributed by atoms with Crippen LogP contribution in [0.3, 0.4) is 0 Å². The molecule has 0 aliphatic carbocycles. The van der Waals surface area contributed by atoms with E-state index >= 15 is 0 Å². The van der Waals surface area contributed by atoms with E-state index in [9.17, 15) is 10.2 Å². The maximum atomic E-state index is 9.36. The highest BCUT2D eigenvalue weighted by Crippen LogP contribution is 2.27. The van der Waals surface area contributed by atoms with Crippen molar-refractivity contribution in [1.82, 2.24) is 4.98 Å². The zero-order chi connectivity index (χ0) is 11.4. The first-order chi connectivity index (χ1) is 7.86. The summed E-state index contributed by atoms with van der Waals surface area (Å²) in [5, 5.41) is 18.7. The lowest BCUT2D eigenvalue weighted by Gasteiger charge is -2.37. The summed E-state index contributed by atoms with van der Waals surface area (Å²) >= 11 is 0. The maximum Gasteiger partial charge on any atom is 0.0703 e. The van der Waals surface area contributed by atoms with Crippen molar-refractivity contribution in [3.8, 4) is 0 Å². The lowest BCUT2D eigenvalue weighted by atomic mass is 10.0. The number of aliphatic hydroxyl groups is 2. The zero-order valence-electron chi connectivity index (χ0n) is 9.34. The molecule has 16 heavy (non-hydrogen) atoms. The molecular weight excluding hydrogens is 204 g/mol. The highest BCUT2D eigenvalue weighted by molar-refractivity contribution is 5.52. The Morgan fingerprint density at radius 3 is 3.00 bits per heavy atom. The lowest BCUT2D eigenvalue weighted by molar-refractivity contribution is 0.238. The summed E-state index contributed by atoms with van der Waals surface area (Å²) in [4.78, 5) is 6.27. The van der Waals surface area contributed by atoms with Crippen LogP contribution in [-0.4, -0.2) is 34.4 Å². The van der Waals surface area contributed by atoms with Crippen LogP contribution in [0.2, 0.25) is 0 Å². The van der Waals surface area contributed by atoms with Gasteiger partial charge in [-0.15, -0.1) is 0 Å². The number of hydrogen-bond donors (Lipinski definition) is 2. The van der Waals surface area contributed by atoms with Gasteiger partial charge < -0.3 is 15.1 Å². The molecule has 2 heterocycles. The summed E-state index contributed by atoms with van der Waals surface area (Å²) in [6.07, 6.45) is 6.77. The van der Waals surface area contributed by atoms with E-state index < -0.39 is 0 Å². The minimum Gasteiger partial charge on any atom is -0.394 e. The highest BCUT2D eigenvalue weighted by Gasteiger charge is 2.23. The molecule has 0 amide bonds. The normalized spacial score (nSPS) is 21.1. The van der Waals surface area contributed by atoms with Crippen molar-refractivity contribution in [2.24, 2.45) is 0 Å². The molecule has 1 unspecified atom stereocenters. The first kappa shape index (κ1) is 11.4. The summed E-state index contributed by atoms with van der Waals surface area (Å²) in [6, 6.07) is 2.00. The van der Waals surface area contributed by atoms with Crippen LogP contribution in [0.1, 0.15) is 24.8 Å². The third-order valence-corrected chi connectivity index (χ3v) is 3.21. The molecule has 2 rings (SSSR count). The quantitative estimate of drug-likeness (QED) is 0.798. The van der Waals surface area contributed by atoms with E-state index in [2.05, 4.69) is 9.88 Å². The monoisotopic (exact) mass is 222 g/mol. The number of anilines is 1. The van der Waals surface area contributed by atoms with E-state index in [1.165, 1.54) is 0 Å². The SMILES string of the molecule is OCc1ccncc1N1CCCCC1CO. The molecule has 1 fully saturated rings. The third-order valence-electron chi connectivity index (χ3n) is 3.21. The van der Waals surface area contributed by atoms with Gasteiger partial charge in [0.05, 0.1) is 31.1 Å². The van der Waals surface area contributed by atoms with Gasteiger partial charge in [0.1, 0.15) is 0 Å². The summed E-state index contributed by atoms with van der Waals surface area (Å²) in [5.41, 5.74) is 1.85. The molecule has 4 heteroatoms. The molecule has 1 saturated heterocycles. The van der Waals surface area contributed by atoms with E-state index in [1.807, 2.05) is 6.07 Å². The second-order valence-corrected chi connectivity index (χ2v) is 4.19. The Kier molecular flexibility index (Phi) is 3.74. The van der Waals surface area contributed by atoms with E-state index in [4.69, 9.17) is 0 Å². The summed E-state index contributed by atoms with van der Waals surface area (Å²) < 4.78 is 0. The molecule has 1 atom stereocenters. The van der Waals surface area contributed by atoms with Crippen LogP contribution in [0.25, 0.3) is 0 Å². The fraction of sp³-hybridized carbons (Fsp3) is 0.583. The molecule has 2 N–H and O–H groups in total. The Morgan fingerprint density at radius 2 is 2.25 bits per heavy atom. The number of aromatic nitrogens is 1. The van der Waals surface area contributed by atoms with Crippen molar-refractivity contribution in [3.05, 3.63) is 24.0 Å². The largest absolute Gasteiger partial charge is 0.394 e. The van der Waals surface area contributed by atoms with Crippen LogP contribution in [0, 0.1) is 0 Å². The van der Waals surface area contributed by atoms with Gasteiger partial charge in [0.25, 0.3) is 0 Å². The number of hydrogen-bond acceptors (Lipinski definition) is 4. The van der Waals surface area contributed by atoms with Gasteiger partial charge in [-0.3, -0.25) is 4.98 Å². The molecule has 0 aromatic carbocycles. The van der Waals surface area contributed by atoms with Crippen molar-refractivity contribution in [3.63, 3.8) is 0 Å². The Labute approximate surface area is 95.5 Å². The van der Waals surface area contributed by atoms with Crippen LogP contribution in [-0.2, 0) is 6.61 Å². The fourth-order valence-electron chi connectivity index (χ4n) is 2.31. The van der Waals surface area contributed by atoms with E-state index in [0.29, 0.717) is 0 Å². The molecule has 88 valence electrons. The smallest absolute Gasteiger partial charge is 0.0703 e. The minimum absolute atomic E-state index is 0.0203. The van der Waals surface area contributed by atoms with Gasteiger partial charge in [0.2, 0.25) is 0 Å². The first-order valence-corrected chi connectivity index (χ1v) is 5.78. The number of nitrogens with zero attached hydrogens (tertiary/aromatic N) is 2. The van der Waals surface area contributed by atoms with Gasteiger partial charge in [-0.25, -0.2) is 0 Å². The number of pyridine rings is 1. The summed E-state index contributed by atoms with van der Waals surface area (Å²) in [6.45, 7) is 1.12. The van der Waals surface area contributed by atoms with Gasteiger partial charge in [0, 0.05) is 18.3 Å². The Morgan fingerprint density at radius 1 is 1.38 bits per heavy atom. The van der Waals surface area contributed by atoms with Crippen molar-refractivity contribution in [2.45, 2.75) is 31.9 Å². The third kappa shape index (κ3) is 2.18. The van der Waals surface area contributed by atoms with Crippen LogP contribution in [0.5, 0.6) is 0 Å². The van der Waals surface area contributed by atoms with Gasteiger partial charge >= 0.3 is 0 Å². The molecule has 1 aliphatic rings. The Bertz CT molecular complexity index is 344.